The van der Waals surface area contributed by atoms with E-state index in [4.69, 9.17) is 14.2 Å². The first kappa shape index (κ1) is 18.7. The molecule has 0 saturated carbocycles. The summed E-state index contributed by atoms with van der Waals surface area (Å²) in [5.41, 5.74) is -2.30. The largest absolute Gasteiger partial charge is 0.444 e. The normalized spacial score (nSPS) is 22.9. The van der Waals surface area contributed by atoms with E-state index in [-0.39, 0.29) is 6.42 Å². The number of carbonyl (C=O) groups excluding carboxylic acids is 2. The maximum absolute atomic E-state index is 14.0. The molecule has 1 amide bonds. The van der Waals surface area contributed by atoms with Crippen molar-refractivity contribution in [3.8, 4) is 0 Å². The van der Waals surface area contributed by atoms with Gasteiger partial charge in [0.05, 0.1) is 6.04 Å². The van der Waals surface area contributed by atoms with Crippen molar-refractivity contribution in [2.24, 2.45) is 0 Å². The highest BCUT2D eigenvalue weighted by Gasteiger charge is 2.47. The van der Waals surface area contributed by atoms with Crippen molar-refractivity contribution in [2.75, 3.05) is 0 Å². The Morgan fingerprint density at radius 2 is 1.91 bits per heavy atom. The smallest absolute Gasteiger partial charge is 0.407 e. The van der Waals surface area contributed by atoms with Crippen LogP contribution in [0.1, 0.15) is 54.9 Å². The van der Waals surface area contributed by atoms with E-state index in [2.05, 4.69) is 5.32 Å². The highest BCUT2D eigenvalue weighted by molar-refractivity contribution is 5.79. The van der Waals surface area contributed by atoms with Crippen molar-refractivity contribution in [3.05, 3.63) is 0 Å². The first-order valence-electron chi connectivity index (χ1n) is 7.28. The summed E-state index contributed by atoms with van der Waals surface area (Å²) in [4.78, 5) is 23.8. The van der Waals surface area contributed by atoms with Crippen LogP contribution in [-0.4, -0.2) is 41.3 Å². The second-order valence-corrected chi connectivity index (χ2v) is 7.53. The van der Waals surface area contributed by atoms with Gasteiger partial charge in [-0.3, -0.25) is 0 Å². The van der Waals surface area contributed by atoms with Crippen molar-refractivity contribution >= 4 is 12.1 Å². The maximum Gasteiger partial charge on any atom is 0.407 e. The average molecular weight is 319 g/mol. The van der Waals surface area contributed by atoms with Gasteiger partial charge in [0, 0.05) is 20.3 Å². The van der Waals surface area contributed by atoms with E-state index < -0.39 is 41.3 Å². The zero-order chi connectivity index (χ0) is 17.3. The quantitative estimate of drug-likeness (QED) is 0.807. The van der Waals surface area contributed by atoms with Crippen LogP contribution in [0.25, 0.3) is 0 Å². The van der Waals surface area contributed by atoms with Gasteiger partial charge in [0.2, 0.25) is 5.79 Å². The van der Waals surface area contributed by atoms with Crippen molar-refractivity contribution in [3.63, 3.8) is 0 Å². The summed E-state index contributed by atoms with van der Waals surface area (Å²) in [5, 5.41) is 2.51. The Kier molecular flexibility index (Phi) is 5.11. The van der Waals surface area contributed by atoms with Crippen molar-refractivity contribution in [2.45, 2.75) is 84.1 Å². The third kappa shape index (κ3) is 6.17. The summed E-state index contributed by atoms with van der Waals surface area (Å²) in [6.45, 7) is 11.0. The second-order valence-electron chi connectivity index (χ2n) is 7.53. The zero-order valence-electron chi connectivity index (χ0n) is 14.3. The van der Waals surface area contributed by atoms with Crippen molar-refractivity contribution in [1.29, 1.82) is 0 Å². The molecule has 1 rings (SSSR count). The molecule has 1 fully saturated rings. The number of halogens is 1. The molecule has 1 aliphatic heterocycles. The topological polar surface area (TPSA) is 73.9 Å². The molecular formula is C15H26FNO5. The molecule has 128 valence electrons. The predicted molar refractivity (Wildman–Crippen MR) is 78.0 cm³/mol. The molecule has 0 bridgehead atoms. The van der Waals surface area contributed by atoms with Crippen LogP contribution in [0, 0.1) is 0 Å². The van der Waals surface area contributed by atoms with Crippen LogP contribution in [0.15, 0.2) is 0 Å². The monoisotopic (exact) mass is 319 g/mol. The SMILES string of the molecule is CC(C)(F)C[C@H](NC(=O)OC(C)(C)C)C1OC(C)(C)OC1=O. The Morgan fingerprint density at radius 1 is 1.36 bits per heavy atom. The Hall–Kier alpha value is -1.37. The molecular weight excluding hydrogens is 293 g/mol. The van der Waals surface area contributed by atoms with Crippen LogP contribution >= 0.6 is 0 Å². The fourth-order valence-electron chi connectivity index (χ4n) is 2.14. The number of alkyl carbamates (subject to hydrolysis) is 1. The molecule has 0 aromatic carbocycles. The summed E-state index contributed by atoms with van der Waals surface area (Å²) in [6.07, 6.45) is -1.91. The Bertz CT molecular complexity index is 436. The Labute approximate surface area is 130 Å². The van der Waals surface area contributed by atoms with Crippen LogP contribution < -0.4 is 5.32 Å². The minimum atomic E-state index is -1.60. The average Bonchev–Trinajstić information content (AvgIpc) is 2.46. The first-order valence-corrected chi connectivity index (χ1v) is 7.28. The molecule has 1 heterocycles. The third-order valence-electron chi connectivity index (χ3n) is 2.76. The lowest BCUT2D eigenvalue weighted by molar-refractivity contribution is -0.161. The van der Waals surface area contributed by atoms with E-state index in [0.29, 0.717) is 0 Å². The van der Waals surface area contributed by atoms with Crippen LogP contribution in [0.4, 0.5) is 9.18 Å². The summed E-state index contributed by atoms with van der Waals surface area (Å²) < 4.78 is 29.7. The van der Waals surface area contributed by atoms with E-state index in [1.54, 1.807) is 34.6 Å². The molecule has 1 saturated heterocycles. The highest BCUT2D eigenvalue weighted by atomic mass is 19.1. The highest BCUT2D eigenvalue weighted by Crippen LogP contribution is 2.29. The molecule has 0 aromatic heterocycles. The zero-order valence-corrected chi connectivity index (χ0v) is 14.3. The van der Waals surface area contributed by atoms with Gasteiger partial charge in [-0.25, -0.2) is 14.0 Å². The second kappa shape index (κ2) is 6.02. The fraction of sp³-hybridized carbons (Fsp3) is 0.867. The minimum Gasteiger partial charge on any atom is -0.444 e. The molecule has 2 atom stereocenters. The summed E-state index contributed by atoms with van der Waals surface area (Å²) in [6, 6.07) is -0.885. The van der Waals surface area contributed by atoms with Gasteiger partial charge in [0.25, 0.3) is 0 Å². The van der Waals surface area contributed by atoms with Gasteiger partial charge in [-0.1, -0.05) is 0 Å². The number of amides is 1. The summed E-state index contributed by atoms with van der Waals surface area (Å²) >= 11 is 0. The molecule has 7 heteroatoms. The third-order valence-corrected chi connectivity index (χ3v) is 2.76. The van der Waals surface area contributed by atoms with Crippen LogP contribution in [0.3, 0.4) is 0 Å². The van der Waals surface area contributed by atoms with Crippen LogP contribution in [-0.2, 0) is 19.0 Å². The predicted octanol–water partition coefficient (Wildman–Crippen LogP) is 2.70. The summed E-state index contributed by atoms with van der Waals surface area (Å²) in [7, 11) is 0. The minimum absolute atomic E-state index is 0.109. The van der Waals surface area contributed by atoms with E-state index in [1.807, 2.05) is 0 Å². The first-order chi connectivity index (χ1) is 9.69. The number of hydrogen-bond acceptors (Lipinski definition) is 5. The van der Waals surface area contributed by atoms with E-state index in [9.17, 15) is 14.0 Å². The Morgan fingerprint density at radius 3 is 2.27 bits per heavy atom. The fourth-order valence-corrected chi connectivity index (χ4v) is 2.14. The number of esters is 1. The molecule has 1 aliphatic rings. The molecule has 0 aromatic rings. The number of carbonyl (C=O) groups is 2. The van der Waals surface area contributed by atoms with E-state index >= 15 is 0 Å². The molecule has 0 radical (unpaired) electrons. The van der Waals surface area contributed by atoms with Crippen LogP contribution in [0.2, 0.25) is 0 Å². The molecule has 1 N–H and O–H groups in total. The molecule has 0 spiro atoms. The van der Waals surface area contributed by atoms with Gasteiger partial charge in [-0.15, -0.1) is 0 Å². The molecule has 22 heavy (non-hydrogen) atoms. The van der Waals surface area contributed by atoms with Crippen molar-refractivity contribution in [1.82, 2.24) is 5.32 Å². The number of nitrogens with one attached hydrogen (secondary N) is 1. The lowest BCUT2D eigenvalue weighted by Gasteiger charge is -2.28. The van der Waals surface area contributed by atoms with E-state index in [1.165, 1.54) is 13.8 Å². The standard InChI is InChI=1S/C15H26FNO5/c1-13(2,3)22-12(19)17-9(8-14(4,5)16)10-11(18)21-15(6,7)20-10/h9-10H,8H2,1-7H3,(H,17,19)/t9-,10?/m0/s1. The number of ether oxygens (including phenoxy) is 3. The molecule has 6 nitrogen and oxygen atoms in total. The maximum atomic E-state index is 14.0. The van der Waals surface area contributed by atoms with Gasteiger partial charge >= 0.3 is 12.1 Å². The molecule has 0 aliphatic carbocycles. The van der Waals surface area contributed by atoms with Crippen molar-refractivity contribution < 1.29 is 28.2 Å². The lowest BCUT2D eigenvalue weighted by atomic mass is 9.97. The number of hydrogen-bond donors (Lipinski definition) is 1. The van der Waals surface area contributed by atoms with Gasteiger partial charge in [-0.05, 0) is 34.6 Å². The van der Waals surface area contributed by atoms with Gasteiger partial charge in [0.15, 0.2) is 6.10 Å². The van der Waals surface area contributed by atoms with Crippen LogP contribution in [0.5, 0.6) is 0 Å². The number of rotatable bonds is 4. The summed E-state index contributed by atoms with van der Waals surface area (Å²) in [5.74, 6) is -1.73. The van der Waals surface area contributed by atoms with Gasteiger partial charge < -0.3 is 19.5 Å². The molecule has 1 unspecified atom stereocenters. The number of alkyl halides is 1. The van der Waals surface area contributed by atoms with Gasteiger partial charge in [0.1, 0.15) is 11.3 Å². The van der Waals surface area contributed by atoms with E-state index in [0.717, 1.165) is 0 Å². The lowest BCUT2D eigenvalue weighted by Crippen LogP contribution is -2.50. The van der Waals surface area contributed by atoms with Gasteiger partial charge in [-0.2, -0.15) is 0 Å². The Balaban J connectivity index is 2.86. The number of cyclic esters (lactones) is 1.